The van der Waals surface area contributed by atoms with Crippen LogP contribution in [0.1, 0.15) is 36.2 Å². The molecule has 0 aliphatic carbocycles. The number of hydrogen-bond acceptors (Lipinski definition) is 5. The van der Waals surface area contributed by atoms with Crippen LogP contribution in [-0.2, 0) is 0 Å². The van der Waals surface area contributed by atoms with Gasteiger partial charge in [0.15, 0.2) is 11.5 Å². The summed E-state index contributed by atoms with van der Waals surface area (Å²) in [6.07, 6.45) is 4.40. The van der Waals surface area contributed by atoms with E-state index in [1.54, 1.807) is 13.1 Å². The van der Waals surface area contributed by atoms with E-state index in [0.717, 1.165) is 18.7 Å². The molecule has 2 bridgehead atoms. The highest BCUT2D eigenvalue weighted by atomic mass is 16.1. The van der Waals surface area contributed by atoms with Gasteiger partial charge in [-0.05, 0) is 37.8 Å². The molecule has 3 N–H and O–H groups in total. The molecule has 1 amide bonds. The normalized spacial score (nSPS) is 29.4. The standard InChI is InChI=1S/C13H19N5O/c1-15-13(19)11-4-5-12(17-16-11)18-9-2-3-10(18)7-8(14)6-9/h4-5,8-10H,2-3,6-7,14H2,1H3,(H,15,19). The monoisotopic (exact) mass is 261 g/mol. The van der Waals surface area contributed by atoms with Crippen molar-refractivity contribution in [2.45, 2.75) is 43.8 Å². The van der Waals surface area contributed by atoms with Gasteiger partial charge in [-0.2, -0.15) is 0 Å². The number of nitrogens with one attached hydrogen (secondary N) is 1. The summed E-state index contributed by atoms with van der Waals surface area (Å²) in [6.45, 7) is 0. The second kappa shape index (κ2) is 4.77. The summed E-state index contributed by atoms with van der Waals surface area (Å²) in [7, 11) is 1.59. The van der Waals surface area contributed by atoms with Gasteiger partial charge in [-0.3, -0.25) is 4.79 Å². The van der Waals surface area contributed by atoms with Crippen molar-refractivity contribution in [1.29, 1.82) is 0 Å². The van der Waals surface area contributed by atoms with Crippen LogP contribution in [0.2, 0.25) is 0 Å². The second-order valence-electron chi connectivity index (χ2n) is 5.38. The Bertz CT molecular complexity index is 460. The maximum Gasteiger partial charge on any atom is 0.271 e. The lowest BCUT2D eigenvalue weighted by Crippen LogP contribution is -2.48. The Balaban J connectivity index is 1.81. The largest absolute Gasteiger partial charge is 0.354 e. The number of carbonyl (C=O) groups is 1. The molecule has 2 aliphatic rings. The first-order valence-corrected chi connectivity index (χ1v) is 6.78. The van der Waals surface area contributed by atoms with Crippen molar-refractivity contribution in [2.24, 2.45) is 5.73 Å². The number of piperidine rings is 1. The molecule has 0 saturated carbocycles. The molecule has 2 atom stereocenters. The fourth-order valence-corrected chi connectivity index (χ4v) is 3.31. The van der Waals surface area contributed by atoms with Crippen molar-refractivity contribution in [3.63, 3.8) is 0 Å². The number of nitrogens with zero attached hydrogens (tertiary/aromatic N) is 3. The molecular formula is C13H19N5O. The highest BCUT2D eigenvalue weighted by Gasteiger charge is 2.40. The molecule has 0 aromatic carbocycles. The molecule has 19 heavy (non-hydrogen) atoms. The number of anilines is 1. The molecule has 6 nitrogen and oxygen atoms in total. The summed E-state index contributed by atoms with van der Waals surface area (Å²) >= 11 is 0. The Kier molecular flexibility index (Phi) is 3.10. The van der Waals surface area contributed by atoms with Crippen LogP contribution in [0, 0.1) is 0 Å². The first-order valence-electron chi connectivity index (χ1n) is 6.78. The molecule has 102 valence electrons. The third-order valence-electron chi connectivity index (χ3n) is 4.14. The lowest BCUT2D eigenvalue weighted by Gasteiger charge is -2.38. The summed E-state index contributed by atoms with van der Waals surface area (Å²) in [4.78, 5) is 13.8. The van der Waals surface area contributed by atoms with E-state index in [2.05, 4.69) is 20.4 Å². The summed E-state index contributed by atoms with van der Waals surface area (Å²) < 4.78 is 0. The minimum absolute atomic E-state index is 0.206. The Morgan fingerprint density at radius 2 is 2.00 bits per heavy atom. The summed E-state index contributed by atoms with van der Waals surface area (Å²) in [5, 5.41) is 10.8. The van der Waals surface area contributed by atoms with Crippen LogP contribution in [0.25, 0.3) is 0 Å². The zero-order valence-corrected chi connectivity index (χ0v) is 11.0. The van der Waals surface area contributed by atoms with Crippen LogP contribution < -0.4 is 16.0 Å². The number of fused-ring (bicyclic) bond motifs is 2. The van der Waals surface area contributed by atoms with E-state index >= 15 is 0 Å². The van der Waals surface area contributed by atoms with Crippen molar-refractivity contribution in [1.82, 2.24) is 15.5 Å². The second-order valence-corrected chi connectivity index (χ2v) is 5.38. The van der Waals surface area contributed by atoms with Crippen LogP contribution in [0.15, 0.2) is 12.1 Å². The zero-order chi connectivity index (χ0) is 13.4. The number of aromatic nitrogens is 2. The van der Waals surface area contributed by atoms with Crippen LogP contribution in [-0.4, -0.2) is 41.3 Å². The maximum absolute atomic E-state index is 11.4. The van der Waals surface area contributed by atoms with Crippen LogP contribution in [0.3, 0.4) is 0 Å². The fourth-order valence-electron chi connectivity index (χ4n) is 3.31. The molecule has 2 fully saturated rings. The number of amides is 1. The van der Waals surface area contributed by atoms with E-state index in [4.69, 9.17) is 5.73 Å². The van der Waals surface area contributed by atoms with Gasteiger partial charge in [0.05, 0.1) is 0 Å². The highest BCUT2D eigenvalue weighted by Crippen LogP contribution is 2.37. The minimum Gasteiger partial charge on any atom is -0.354 e. The first-order chi connectivity index (χ1) is 9.19. The molecule has 0 radical (unpaired) electrons. The molecule has 6 heteroatoms. The van der Waals surface area contributed by atoms with Crippen molar-refractivity contribution in [3.8, 4) is 0 Å². The molecule has 3 heterocycles. The number of rotatable bonds is 2. The van der Waals surface area contributed by atoms with Gasteiger partial charge in [-0.15, -0.1) is 10.2 Å². The van der Waals surface area contributed by atoms with E-state index in [1.165, 1.54) is 12.8 Å². The highest BCUT2D eigenvalue weighted by molar-refractivity contribution is 5.91. The average Bonchev–Trinajstić information content (AvgIpc) is 2.70. The van der Waals surface area contributed by atoms with Gasteiger partial charge in [-0.1, -0.05) is 0 Å². The van der Waals surface area contributed by atoms with Gasteiger partial charge >= 0.3 is 0 Å². The number of carbonyl (C=O) groups excluding carboxylic acids is 1. The predicted octanol–water partition coefficient (Wildman–Crippen LogP) is 0.295. The van der Waals surface area contributed by atoms with E-state index in [9.17, 15) is 4.79 Å². The molecule has 2 unspecified atom stereocenters. The predicted molar refractivity (Wildman–Crippen MR) is 71.9 cm³/mol. The lowest BCUT2D eigenvalue weighted by atomic mass is 9.98. The topological polar surface area (TPSA) is 84.1 Å². The molecule has 3 rings (SSSR count). The van der Waals surface area contributed by atoms with Gasteiger partial charge in [-0.25, -0.2) is 0 Å². The van der Waals surface area contributed by atoms with Gasteiger partial charge in [0.1, 0.15) is 0 Å². The third kappa shape index (κ3) is 2.16. The van der Waals surface area contributed by atoms with Gasteiger partial charge in [0.25, 0.3) is 5.91 Å². The Morgan fingerprint density at radius 1 is 1.32 bits per heavy atom. The minimum atomic E-state index is -0.206. The van der Waals surface area contributed by atoms with E-state index in [0.29, 0.717) is 23.8 Å². The SMILES string of the molecule is CNC(=O)c1ccc(N2C3CCC2CC(N)C3)nn1. The molecule has 1 aromatic heterocycles. The van der Waals surface area contributed by atoms with Crippen LogP contribution in [0.4, 0.5) is 5.82 Å². The van der Waals surface area contributed by atoms with Gasteiger partial charge in [0.2, 0.25) is 0 Å². The summed E-state index contributed by atoms with van der Waals surface area (Å²) in [6, 6.07) is 4.89. The smallest absolute Gasteiger partial charge is 0.271 e. The Morgan fingerprint density at radius 3 is 2.53 bits per heavy atom. The molecule has 2 aliphatic heterocycles. The molecular weight excluding hydrogens is 242 g/mol. The van der Waals surface area contributed by atoms with Crippen LogP contribution >= 0.6 is 0 Å². The molecule has 2 saturated heterocycles. The first kappa shape index (κ1) is 12.3. The van der Waals surface area contributed by atoms with Crippen LogP contribution in [0.5, 0.6) is 0 Å². The fraction of sp³-hybridized carbons (Fsp3) is 0.615. The zero-order valence-electron chi connectivity index (χ0n) is 11.0. The maximum atomic E-state index is 11.4. The third-order valence-corrected chi connectivity index (χ3v) is 4.14. The van der Waals surface area contributed by atoms with E-state index in [-0.39, 0.29) is 5.91 Å². The number of nitrogens with two attached hydrogens (primary N) is 1. The van der Waals surface area contributed by atoms with Crippen molar-refractivity contribution < 1.29 is 4.79 Å². The summed E-state index contributed by atoms with van der Waals surface area (Å²) in [5.74, 6) is 0.662. The van der Waals surface area contributed by atoms with Crippen molar-refractivity contribution in [3.05, 3.63) is 17.8 Å². The average molecular weight is 261 g/mol. The van der Waals surface area contributed by atoms with Gasteiger partial charge in [0, 0.05) is 25.2 Å². The van der Waals surface area contributed by atoms with Crippen molar-refractivity contribution >= 4 is 11.7 Å². The molecule has 0 spiro atoms. The van der Waals surface area contributed by atoms with Crippen molar-refractivity contribution in [2.75, 3.05) is 11.9 Å². The molecule has 1 aromatic rings. The van der Waals surface area contributed by atoms with E-state index < -0.39 is 0 Å². The Labute approximate surface area is 112 Å². The number of hydrogen-bond donors (Lipinski definition) is 2. The quantitative estimate of drug-likeness (QED) is 0.799. The summed E-state index contributed by atoms with van der Waals surface area (Å²) in [5.41, 5.74) is 6.42. The Hall–Kier alpha value is -1.69. The lowest BCUT2D eigenvalue weighted by molar-refractivity contribution is 0.0957. The van der Waals surface area contributed by atoms with E-state index in [1.807, 2.05) is 6.07 Å². The van der Waals surface area contributed by atoms with Gasteiger partial charge < -0.3 is 16.0 Å².